The van der Waals surface area contributed by atoms with E-state index in [1.165, 1.54) is 8.99 Å². The maximum Gasteiger partial charge on any atom is 0.246 e. The highest BCUT2D eigenvalue weighted by atomic mass is 35.5. The Balaban J connectivity index is 1.54. The SMILES string of the molecule is Cc1nn(C)cc1S(=O)(=O)N(C)CCN1CCN(c2nccnc2Cl)CC1. The average molecular weight is 414 g/mol. The van der Waals surface area contributed by atoms with E-state index in [1.54, 1.807) is 39.6 Å². The van der Waals surface area contributed by atoms with Crippen molar-refractivity contribution in [1.29, 1.82) is 0 Å². The predicted octanol–water partition coefficient (Wildman–Crippen LogP) is 0.615. The summed E-state index contributed by atoms with van der Waals surface area (Å²) in [7, 11) is -0.206. The molecule has 0 saturated carbocycles. The molecule has 2 aromatic heterocycles. The van der Waals surface area contributed by atoms with Crippen LogP contribution < -0.4 is 4.90 Å². The van der Waals surface area contributed by atoms with Gasteiger partial charge < -0.3 is 4.90 Å². The van der Waals surface area contributed by atoms with Crippen molar-refractivity contribution in [2.24, 2.45) is 7.05 Å². The van der Waals surface area contributed by atoms with Crippen LogP contribution in [0.5, 0.6) is 0 Å². The summed E-state index contributed by atoms with van der Waals surface area (Å²) in [6.45, 7) is 5.96. The number of hydrogen-bond donors (Lipinski definition) is 0. The van der Waals surface area contributed by atoms with Crippen LogP contribution in [-0.4, -0.2) is 83.7 Å². The molecular formula is C16H24ClN7O2S. The second-order valence-electron chi connectivity index (χ2n) is 6.58. The number of rotatable bonds is 6. The average Bonchev–Trinajstić information content (AvgIpc) is 2.99. The topological polar surface area (TPSA) is 87.5 Å². The highest BCUT2D eigenvalue weighted by Gasteiger charge is 2.26. The quantitative estimate of drug-likeness (QED) is 0.685. The summed E-state index contributed by atoms with van der Waals surface area (Å²) in [4.78, 5) is 13.0. The van der Waals surface area contributed by atoms with E-state index >= 15 is 0 Å². The van der Waals surface area contributed by atoms with Crippen molar-refractivity contribution in [3.63, 3.8) is 0 Å². The number of nitrogens with zero attached hydrogens (tertiary/aromatic N) is 7. The zero-order valence-electron chi connectivity index (χ0n) is 15.7. The third-order valence-electron chi connectivity index (χ3n) is 4.70. The number of likely N-dealkylation sites (N-methyl/N-ethyl adjacent to an activating group) is 1. The Kier molecular flexibility index (Phi) is 5.99. The summed E-state index contributed by atoms with van der Waals surface area (Å²) in [6.07, 6.45) is 4.75. The smallest absolute Gasteiger partial charge is 0.246 e. The van der Waals surface area contributed by atoms with E-state index in [4.69, 9.17) is 11.6 Å². The molecule has 1 aliphatic rings. The fraction of sp³-hybridized carbons (Fsp3) is 0.562. The van der Waals surface area contributed by atoms with E-state index in [0.29, 0.717) is 29.8 Å². The molecule has 3 rings (SSSR count). The van der Waals surface area contributed by atoms with Crippen LogP contribution in [0.15, 0.2) is 23.5 Å². The summed E-state index contributed by atoms with van der Waals surface area (Å²) >= 11 is 6.11. The van der Waals surface area contributed by atoms with E-state index in [9.17, 15) is 8.42 Å². The lowest BCUT2D eigenvalue weighted by molar-refractivity contribution is 0.243. The highest BCUT2D eigenvalue weighted by Crippen LogP contribution is 2.21. The van der Waals surface area contributed by atoms with Gasteiger partial charge in [0.25, 0.3) is 0 Å². The maximum atomic E-state index is 12.7. The van der Waals surface area contributed by atoms with Gasteiger partial charge in [-0.15, -0.1) is 0 Å². The first-order valence-electron chi connectivity index (χ1n) is 8.69. The van der Waals surface area contributed by atoms with Crippen LogP contribution in [0.4, 0.5) is 5.82 Å². The van der Waals surface area contributed by atoms with Crippen LogP contribution >= 0.6 is 11.6 Å². The Bertz CT molecular complexity index is 894. The van der Waals surface area contributed by atoms with E-state index in [0.717, 1.165) is 26.2 Å². The van der Waals surface area contributed by atoms with Gasteiger partial charge in [0.1, 0.15) is 4.90 Å². The van der Waals surface area contributed by atoms with Crippen molar-refractivity contribution in [1.82, 2.24) is 29.0 Å². The van der Waals surface area contributed by atoms with Gasteiger partial charge in [-0.2, -0.15) is 9.40 Å². The van der Waals surface area contributed by atoms with Crippen molar-refractivity contribution in [3.05, 3.63) is 29.4 Å². The molecule has 0 unspecified atom stereocenters. The Morgan fingerprint density at radius 3 is 2.44 bits per heavy atom. The molecule has 27 heavy (non-hydrogen) atoms. The molecule has 0 radical (unpaired) electrons. The van der Waals surface area contributed by atoms with Gasteiger partial charge in [0.15, 0.2) is 11.0 Å². The molecule has 3 heterocycles. The van der Waals surface area contributed by atoms with Crippen molar-refractivity contribution in [3.8, 4) is 0 Å². The van der Waals surface area contributed by atoms with Crippen molar-refractivity contribution >= 4 is 27.4 Å². The Morgan fingerprint density at radius 2 is 1.85 bits per heavy atom. The summed E-state index contributed by atoms with van der Waals surface area (Å²) in [5.74, 6) is 0.700. The molecule has 0 N–H and O–H groups in total. The fourth-order valence-electron chi connectivity index (χ4n) is 3.11. The van der Waals surface area contributed by atoms with E-state index in [2.05, 4.69) is 24.9 Å². The standard InChI is InChI=1S/C16H24ClN7O2S/c1-13-14(12-21(2)20-13)27(25,26)22(3)6-7-23-8-10-24(11-9-23)16-15(17)18-4-5-19-16/h4-5,12H,6-11H2,1-3H3. The number of halogens is 1. The Morgan fingerprint density at radius 1 is 1.19 bits per heavy atom. The molecule has 1 aliphatic heterocycles. The molecule has 0 aliphatic carbocycles. The van der Waals surface area contributed by atoms with Crippen LogP contribution in [-0.2, 0) is 17.1 Å². The lowest BCUT2D eigenvalue weighted by Gasteiger charge is -2.36. The molecule has 0 aromatic carbocycles. The summed E-state index contributed by atoms with van der Waals surface area (Å²) in [5.41, 5.74) is 0.513. The summed E-state index contributed by atoms with van der Waals surface area (Å²) < 4.78 is 28.4. The van der Waals surface area contributed by atoms with Gasteiger partial charge in [0, 0.05) is 72.0 Å². The number of aromatic nitrogens is 4. The van der Waals surface area contributed by atoms with Crippen molar-refractivity contribution in [2.45, 2.75) is 11.8 Å². The molecule has 0 atom stereocenters. The number of aryl methyl sites for hydroxylation is 2. The van der Waals surface area contributed by atoms with Crippen LogP contribution in [0.2, 0.25) is 5.15 Å². The minimum atomic E-state index is -3.53. The molecule has 1 fully saturated rings. The van der Waals surface area contributed by atoms with Crippen LogP contribution in [0.1, 0.15) is 5.69 Å². The first-order valence-corrected chi connectivity index (χ1v) is 10.5. The van der Waals surface area contributed by atoms with Crippen LogP contribution in [0.25, 0.3) is 0 Å². The van der Waals surface area contributed by atoms with Gasteiger partial charge >= 0.3 is 0 Å². The van der Waals surface area contributed by atoms with Crippen LogP contribution in [0, 0.1) is 6.92 Å². The van der Waals surface area contributed by atoms with Gasteiger partial charge in [-0.25, -0.2) is 18.4 Å². The molecule has 9 nitrogen and oxygen atoms in total. The molecule has 0 spiro atoms. The second kappa shape index (κ2) is 8.09. The van der Waals surface area contributed by atoms with E-state index in [-0.39, 0.29) is 4.90 Å². The van der Waals surface area contributed by atoms with Gasteiger partial charge in [-0.3, -0.25) is 9.58 Å². The Hall–Kier alpha value is -1.75. The fourth-order valence-corrected chi connectivity index (χ4v) is 4.69. The van der Waals surface area contributed by atoms with E-state index in [1.807, 2.05) is 0 Å². The predicted molar refractivity (Wildman–Crippen MR) is 103 cm³/mol. The zero-order chi connectivity index (χ0) is 19.6. The second-order valence-corrected chi connectivity index (χ2v) is 8.95. The molecule has 1 saturated heterocycles. The first kappa shape index (κ1) is 20.0. The third-order valence-corrected chi connectivity index (χ3v) is 6.92. The summed E-state index contributed by atoms with van der Waals surface area (Å²) in [5, 5.41) is 4.53. The van der Waals surface area contributed by atoms with Gasteiger partial charge in [-0.1, -0.05) is 11.6 Å². The molecule has 0 amide bonds. The van der Waals surface area contributed by atoms with E-state index < -0.39 is 10.0 Å². The van der Waals surface area contributed by atoms with Gasteiger partial charge in [0.2, 0.25) is 10.0 Å². The number of piperazine rings is 1. The minimum Gasteiger partial charge on any atom is -0.351 e. The largest absolute Gasteiger partial charge is 0.351 e. The number of hydrogen-bond acceptors (Lipinski definition) is 7. The maximum absolute atomic E-state index is 12.7. The molecule has 148 valence electrons. The lowest BCUT2D eigenvalue weighted by Crippen LogP contribution is -2.49. The zero-order valence-corrected chi connectivity index (χ0v) is 17.3. The minimum absolute atomic E-state index is 0.259. The third kappa shape index (κ3) is 4.40. The van der Waals surface area contributed by atoms with Gasteiger partial charge in [0.05, 0.1) is 5.69 Å². The first-order chi connectivity index (χ1) is 12.8. The van der Waals surface area contributed by atoms with Crippen LogP contribution in [0.3, 0.4) is 0 Å². The molecule has 0 bridgehead atoms. The number of anilines is 1. The molecule has 11 heteroatoms. The van der Waals surface area contributed by atoms with Crippen molar-refractivity contribution in [2.75, 3.05) is 51.2 Å². The molecular weight excluding hydrogens is 390 g/mol. The van der Waals surface area contributed by atoms with Crippen molar-refractivity contribution < 1.29 is 8.42 Å². The highest BCUT2D eigenvalue weighted by molar-refractivity contribution is 7.89. The monoisotopic (exact) mass is 413 g/mol. The Labute approximate surface area is 164 Å². The molecule has 2 aromatic rings. The summed E-state index contributed by atoms with van der Waals surface area (Å²) in [6, 6.07) is 0. The lowest BCUT2D eigenvalue weighted by atomic mass is 10.3. The normalized spacial score (nSPS) is 16.3. The number of sulfonamides is 1. The van der Waals surface area contributed by atoms with Gasteiger partial charge in [-0.05, 0) is 6.92 Å².